The summed E-state index contributed by atoms with van der Waals surface area (Å²) in [4.78, 5) is 17.2. The van der Waals surface area contributed by atoms with E-state index in [-0.39, 0.29) is 17.9 Å². The van der Waals surface area contributed by atoms with Gasteiger partial charge in [-0.2, -0.15) is 0 Å². The molecule has 0 saturated carbocycles. The molecule has 0 N–H and O–H groups in total. The zero-order chi connectivity index (χ0) is 14.8. The van der Waals surface area contributed by atoms with Gasteiger partial charge in [0.1, 0.15) is 0 Å². The number of benzene rings is 1. The van der Waals surface area contributed by atoms with Gasteiger partial charge < -0.3 is 14.5 Å². The maximum atomic E-state index is 12.9. The van der Waals surface area contributed by atoms with E-state index in [1.54, 1.807) is 0 Å². The summed E-state index contributed by atoms with van der Waals surface area (Å²) in [6.07, 6.45) is 1.95. The molecular weight excluding hydrogens is 264 g/mol. The van der Waals surface area contributed by atoms with Crippen LogP contribution in [0.3, 0.4) is 0 Å². The van der Waals surface area contributed by atoms with Crippen LogP contribution < -0.4 is 4.90 Å². The van der Waals surface area contributed by atoms with Crippen molar-refractivity contribution in [3.05, 3.63) is 29.8 Å². The number of likely N-dealkylation sites (N-methyl/N-ethyl adjacent to an activating group) is 1. The molecule has 2 aliphatic heterocycles. The largest absolute Gasteiger partial charge is 0.381 e. The molecule has 0 spiro atoms. The number of para-hydroxylation sites is 1. The number of carbonyl (C=O) groups excluding carboxylic acids is 1. The fourth-order valence-electron chi connectivity index (χ4n) is 3.41. The molecule has 1 saturated heterocycles. The minimum atomic E-state index is 0.0387. The first-order valence-electron chi connectivity index (χ1n) is 7.84. The van der Waals surface area contributed by atoms with Gasteiger partial charge in [0.25, 0.3) is 0 Å². The van der Waals surface area contributed by atoms with E-state index in [4.69, 9.17) is 4.74 Å². The molecule has 4 heteroatoms. The lowest BCUT2D eigenvalue weighted by atomic mass is 9.99. The zero-order valence-corrected chi connectivity index (χ0v) is 12.9. The number of nitrogens with zero attached hydrogens (tertiary/aromatic N) is 2. The highest BCUT2D eigenvalue weighted by atomic mass is 16.5. The Morgan fingerprint density at radius 3 is 2.90 bits per heavy atom. The first-order chi connectivity index (χ1) is 10.2. The minimum absolute atomic E-state index is 0.0387. The van der Waals surface area contributed by atoms with Crippen molar-refractivity contribution in [2.75, 3.05) is 31.7 Å². The Morgan fingerprint density at radius 1 is 1.33 bits per heavy atom. The van der Waals surface area contributed by atoms with Crippen LogP contribution in [0.4, 0.5) is 5.69 Å². The van der Waals surface area contributed by atoms with Crippen molar-refractivity contribution >= 4 is 11.6 Å². The molecule has 114 valence electrons. The highest BCUT2D eigenvalue weighted by Crippen LogP contribution is 2.28. The first kappa shape index (κ1) is 14.4. The van der Waals surface area contributed by atoms with E-state index in [0.717, 1.165) is 26.0 Å². The molecule has 0 aromatic heterocycles. The first-order valence-corrected chi connectivity index (χ1v) is 7.84. The molecule has 1 aromatic rings. The van der Waals surface area contributed by atoms with E-state index in [1.165, 1.54) is 11.3 Å². The number of ether oxygens (including phenoxy) is 1. The van der Waals surface area contributed by atoms with Gasteiger partial charge in [0.05, 0.1) is 12.5 Å². The number of hydrogen-bond acceptors (Lipinski definition) is 3. The molecule has 1 aromatic carbocycles. The fraction of sp³-hybridized carbons (Fsp3) is 0.588. The van der Waals surface area contributed by atoms with Crippen LogP contribution in [-0.4, -0.2) is 43.7 Å². The third kappa shape index (κ3) is 2.91. The molecule has 0 aliphatic carbocycles. The van der Waals surface area contributed by atoms with Crippen LogP contribution in [0.25, 0.3) is 0 Å². The van der Waals surface area contributed by atoms with Crippen LogP contribution in [0.1, 0.15) is 25.3 Å². The van der Waals surface area contributed by atoms with Crippen molar-refractivity contribution in [2.45, 2.75) is 32.4 Å². The predicted molar refractivity (Wildman–Crippen MR) is 83.3 cm³/mol. The van der Waals surface area contributed by atoms with Gasteiger partial charge in [-0.05, 0) is 31.4 Å². The summed E-state index contributed by atoms with van der Waals surface area (Å²) < 4.78 is 5.49. The number of amides is 1. The molecule has 4 nitrogen and oxygen atoms in total. The van der Waals surface area contributed by atoms with Crippen molar-refractivity contribution in [3.63, 3.8) is 0 Å². The van der Waals surface area contributed by atoms with E-state index in [1.807, 2.05) is 4.90 Å². The van der Waals surface area contributed by atoms with E-state index in [2.05, 4.69) is 43.1 Å². The smallest absolute Gasteiger partial charge is 0.228 e. The van der Waals surface area contributed by atoms with Gasteiger partial charge in [-0.3, -0.25) is 4.79 Å². The van der Waals surface area contributed by atoms with Crippen molar-refractivity contribution in [1.29, 1.82) is 0 Å². The summed E-state index contributed by atoms with van der Waals surface area (Å²) in [5.41, 5.74) is 2.47. The standard InChI is InChI=1S/C17H24N2O2/c1-13-10-18(2)16-8-4-3-6-14(16)11-19(13)17(20)15-7-5-9-21-12-15/h3-4,6,8,13,15H,5,7,9-12H2,1-2H3. The Labute approximate surface area is 126 Å². The van der Waals surface area contributed by atoms with Gasteiger partial charge in [0.2, 0.25) is 5.91 Å². The average Bonchev–Trinajstić information content (AvgIpc) is 2.64. The van der Waals surface area contributed by atoms with Gasteiger partial charge >= 0.3 is 0 Å². The van der Waals surface area contributed by atoms with Crippen LogP contribution in [0.5, 0.6) is 0 Å². The summed E-state index contributed by atoms with van der Waals surface area (Å²) in [5, 5.41) is 0. The Bertz CT molecular complexity index is 511. The predicted octanol–water partition coefficient (Wildman–Crippen LogP) is 2.28. The van der Waals surface area contributed by atoms with Crippen molar-refractivity contribution in [2.24, 2.45) is 5.92 Å². The maximum Gasteiger partial charge on any atom is 0.228 e. The molecule has 2 unspecified atom stereocenters. The minimum Gasteiger partial charge on any atom is -0.381 e. The third-order valence-corrected chi connectivity index (χ3v) is 4.61. The molecular formula is C17H24N2O2. The Kier molecular flexibility index (Phi) is 4.15. The summed E-state index contributed by atoms with van der Waals surface area (Å²) in [6.45, 7) is 5.10. The monoisotopic (exact) mass is 288 g/mol. The Hall–Kier alpha value is -1.55. The SMILES string of the molecule is CC1CN(C)c2ccccc2CN1C(=O)C1CCCOC1. The molecule has 2 heterocycles. The lowest BCUT2D eigenvalue weighted by Crippen LogP contribution is -2.46. The van der Waals surface area contributed by atoms with Crippen LogP contribution in [-0.2, 0) is 16.1 Å². The third-order valence-electron chi connectivity index (χ3n) is 4.61. The number of anilines is 1. The second-order valence-electron chi connectivity index (χ2n) is 6.24. The lowest BCUT2D eigenvalue weighted by molar-refractivity contribution is -0.142. The summed E-state index contributed by atoms with van der Waals surface area (Å²) in [7, 11) is 2.10. The zero-order valence-electron chi connectivity index (χ0n) is 12.9. The molecule has 0 bridgehead atoms. The number of hydrogen-bond donors (Lipinski definition) is 0. The highest BCUT2D eigenvalue weighted by molar-refractivity contribution is 5.80. The Morgan fingerprint density at radius 2 is 2.14 bits per heavy atom. The van der Waals surface area contributed by atoms with Gasteiger partial charge in [-0.1, -0.05) is 18.2 Å². The number of rotatable bonds is 1. The summed E-state index contributed by atoms with van der Waals surface area (Å²) >= 11 is 0. The molecule has 2 aliphatic rings. The summed E-state index contributed by atoms with van der Waals surface area (Å²) in [5.74, 6) is 0.295. The van der Waals surface area contributed by atoms with Crippen LogP contribution >= 0.6 is 0 Å². The van der Waals surface area contributed by atoms with E-state index >= 15 is 0 Å². The average molecular weight is 288 g/mol. The number of carbonyl (C=O) groups is 1. The van der Waals surface area contributed by atoms with Crippen molar-refractivity contribution in [3.8, 4) is 0 Å². The van der Waals surface area contributed by atoms with Crippen LogP contribution in [0.15, 0.2) is 24.3 Å². The second-order valence-corrected chi connectivity index (χ2v) is 6.24. The quantitative estimate of drug-likeness (QED) is 0.795. The van der Waals surface area contributed by atoms with Gasteiger partial charge in [-0.15, -0.1) is 0 Å². The van der Waals surface area contributed by atoms with Gasteiger partial charge in [0.15, 0.2) is 0 Å². The van der Waals surface area contributed by atoms with Crippen molar-refractivity contribution in [1.82, 2.24) is 4.90 Å². The van der Waals surface area contributed by atoms with Crippen molar-refractivity contribution < 1.29 is 9.53 Å². The van der Waals surface area contributed by atoms with Gasteiger partial charge in [0, 0.05) is 38.5 Å². The van der Waals surface area contributed by atoms with E-state index in [0.29, 0.717) is 13.2 Å². The lowest BCUT2D eigenvalue weighted by Gasteiger charge is -2.33. The molecule has 21 heavy (non-hydrogen) atoms. The van der Waals surface area contributed by atoms with E-state index < -0.39 is 0 Å². The topological polar surface area (TPSA) is 32.8 Å². The van der Waals surface area contributed by atoms with Crippen LogP contribution in [0.2, 0.25) is 0 Å². The molecule has 2 atom stereocenters. The Balaban J connectivity index is 1.83. The molecule has 1 amide bonds. The number of fused-ring (bicyclic) bond motifs is 1. The molecule has 0 radical (unpaired) electrons. The van der Waals surface area contributed by atoms with Gasteiger partial charge in [-0.25, -0.2) is 0 Å². The normalized spacial score (nSPS) is 26.2. The molecule has 3 rings (SSSR count). The van der Waals surface area contributed by atoms with Crippen LogP contribution in [0, 0.1) is 5.92 Å². The summed E-state index contributed by atoms with van der Waals surface area (Å²) in [6, 6.07) is 8.60. The van der Waals surface area contributed by atoms with E-state index in [9.17, 15) is 4.79 Å². The maximum absolute atomic E-state index is 12.9. The highest BCUT2D eigenvalue weighted by Gasteiger charge is 2.32. The second kappa shape index (κ2) is 6.06. The molecule has 1 fully saturated rings. The fourth-order valence-corrected chi connectivity index (χ4v) is 3.41.